The van der Waals surface area contributed by atoms with Gasteiger partial charge in [-0.15, -0.1) is 0 Å². The predicted molar refractivity (Wildman–Crippen MR) is 35.2 cm³/mol. The summed E-state index contributed by atoms with van der Waals surface area (Å²) in [6.07, 6.45) is 5.43. The summed E-state index contributed by atoms with van der Waals surface area (Å²) in [5.41, 5.74) is 0. The number of hydrogen-bond donors (Lipinski definition) is 1. The maximum Gasteiger partial charge on any atom is 0.102 e. The van der Waals surface area contributed by atoms with Crippen LogP contribution in [0.2, 0.25) is 0 Å². The van der Waals surface area contributed by atoms with E-state index in [9.17, 15) is 0 Å². The van der Waals surface area contributed by atoms with E-state index in [2.05, 4.69) is 0 Å². The van der Waals surface area contributed by atoms with Crippen molar-refractivity contribution in [3.63, 3.8) is 0 Å². The number of aliphatic hydroxyl groups is 1. The summed E-state index contributed by atoms with van der Waals surface area (Å²) in [6, 6.07) is 0. The number of aliphatic hydroxyl groups excluding tert-OH is 1. The molecular formula is C7H12O2. The Morgan fingerprint density at radius 1 is 1.67 bits per heavy atom. The molecule has 2 unspecified atom stereocenters. The van der Waals surface area contributed by atoms with Gasteiger partial charge in [-0.2, -0.15) is 0 Å². The Morgan fingerprint density at radius 2 is 2.33 bits per heavy atom. The van der Waals surface area contributed by atoms with Gasteiger partial charge in [0.05, 0.1) is 6.10 Å². The maximum absolute atomic E-state index is 8.37. The van der Waals surface area contributed by atoms with Gasteiger partial charge in [0, 0.05) is 6.61 Å². The third-order valence-corrected chi connectivity index (χ3v) is 1.38. The Morgan fingerprint density at radius 3 is 2.78 bits per heavy atom. The largest absolute Gasteiger partial charge is 0.396 e. The maximum atomic E-state index is 8.37. The van der Waals surface area contributed by atoms with Gasteiger partial charge in [0.25, 0.3) is 0 Å². The first-order valence-corrected chi connectivity index (χ1v) is 3.27. The molecule has 1 saturated heterocycles. The lowest BCUT2D eigenvalue weighted by molar-refractivity contribution is 0.302. The molecule has 1 aliphatic heterocycles. The topological polar surface area (TPSA) is 32.8 Å². The molecule has 2 nitrogen and oxygen atoms in total. The van der Waals surface area contributed by atoms with Gasteiger partial charge in [0.1, 0.15) is 6.10 Å². The summed E-state index contributed by atoms with van der Waals surface area (Å²) in [7, 11) is 0. The summed E-state index contributed by atoms with van der Waals surface area (Å²) in [5, 5.41) is 8.37. The van der Waals surface area contributed by atoms with E-state index in [0.29, 0.717) is 12.2 Å². The van der Waals surface area contributed by atoms with E-state index in [1.54, 1.807) is 0 Å². The number of ether oxygens (including phenoxy) is 1. The van der Waals surface area contributed by atoms with Crippen LogP contribution in [0.15, 0.2) is 12.2 Å². The zero-order valence-electron chi connectivity index (χ0n) is 5.58. The zero-order valence-corrected chi connectivity index (χ0v) is 5.58. The number of rotatable bonds is 3. The Bertz CT molecular complexity index is 109. The number of epoxide rings is 1. The Kier molecular flexibility index (Phi) is 2.25. The lowest BCUT2D eigenvalue weighted by Gasteiger charge is -1.80. The molecule has 1 N–H and O–H groups in total. The molecule has 1 heterocycles. The molecule has 9 heavy (non-hydrogen) atoms. The molecular weight excluding hydrogens is 116 g/mol. The fourth-order valence-electron chi connectivity index (χ4n) is 0.709. The van der Waals surface area contributed by atoms with Crippen LogP contribution >= 0.6 is 0 Å². The van der Waals surface area contributed by atoms with E-state index in [1.165, 1.54) is 0 Å². The molecule has 0 aromatic carbocycles. The molecule has 0 aliphatic carbocycles. The van der Waals surface area contributed by atoms with Crippen molar-refractivity contribution in [3.8, 4) is 0 Å². The van der Waals surface area contributed by atoms with Crippen LogP contribution in [0.5, 0.6) is 0 Å². The molecule has 0 aromatic rings. The molecule has 0 saturated carbocycles. The summed E-state index contributed by atoms with van der Waals surface area (Å²) >= 11 is 0. The quantitative estimate of drug-likeness (QED) is 0.448. The molecule has 1 fully saturated rings. The third-order valence-electron chi connectivity index (χ3n) is 1.38. The average Bonchev–Trinajstić information content (AvgIpc) is 2.48. The summed E-state index contributed by atoms with van der Waals surface area (Å²) < 4.78 is 5.09. The van der Waals surface area contributed by atoms with Crippen LogP contribution in [0.3, 0.4) is 0 Å². The summed E-state index contributed by atoms with van der Waals surface area (Å²) in [6.45, 7) is 2.27. The predicted octanol–water partition coefficient (Wildman–Crippen LogP) is 0.712. The minimum Gasteiger partial charge on any atom is -0.396 e. The van der Waals surface area contributed by atoms with Crippen molar-refractivity contribution >= 4 is 0 Å². The van der Waals surface area contributed by atoms with Gasteiger partial charge in [-0.05, 0) is 13.3 Å². The van der Waals surface area contributed by atoms with E-state index in [4.69, 9.17) is 9.84 Å². The van der Waals surface area contributed by atoms with Crippen LogP contribution in [-0.4, -0.2) is 23.9 Å². The van der Waals surface area contributed by atoms with E-state index in [1.807, 2.05) is 19.1 Å². The highest BCUT2D eigenvalue weighted by Crippen LogP contribution is 2.21. The van der Waals surface area contributed by atoms with Crippen LogP contribution in [0, 0.1) is 0 Å². The zero-order chi connectivity index (χ0) is 6.69. The van der Waals surface area contributed by atoms with Gasteiger partial charge in [-0.3, -0.25) is 0 Å². The summed E-state index contributed by atoms with van der Waals surface area (Å²) in [5.74, 6) is 0. The molecule has 0 amide bonds. The van der Waals surface area contributed by atoms with E-state index < -0.39 is 0 Å². The van der Waals surface area contributed by atoms with Crippen molar-refractivity contribution in [1.82, 2.24) is 0 Å². The van der Waals surface area contributed by atoms with Crippen molar-refractivity contribution in [1.29, 1.82) is 0 Å². The second kappa shape index (κ2) is 2.99. The molecule has 0 bridgehead atoms. The molecule has 2 atom stereocenters. The first-order chi connectivity index (χ1) is 4.34. The number of hydrogen-bond acceptors (Lipinski definition) is 2. The van der Waals surface area contributed by atoms with E-state index in [0.717, 1.165) is 6.42 Å². The molecule has 1 rings (SSSR count). The van der Waals surface area contributed by atoms with Gasteiger partial charge in [0.2, 0.25) is 0 Å². The van der Waals surface area contributed by atoms with Crippen LogP contribution in [0.1, 0.15) is 13.3 Å². The fourth-order valence-corrected chi connectivity index (χ4v) is 0.709. The van der Waals surface area contributed by atoms with Gasteiger partial charge < -0.3 is 9.84 Å². The standard InChI is InChI=1S/C7H12O2/c1-6-7(9-6)4-2-3-5-8/h2,4,6-8H,3,5H2,1H3. The van der Waals surface area contributed by atoms with Gasteiger partial charge in [0.15, 0.2) is 0 Å². The SMILES string of the molecule is CC1OC1C=CCCO. The average molecular weight is 128 g/mol. The fraction of sp³-hybridized carbons (Fsp3) is 0.714. The first-order valence-electron chi connectivity index (χ1n) is 3.27. The Hall–Kier alpha value is -0.340. The van der Waals surface area contributed by atoms with E-state index in [-0.39, 0.29) is 6.61 Å². The normalized spacial score (nSPS) is 33.6. The van der Waals surface area contributed by atoms with Gasteiger partial charge >= 0.3 is 0 Å². The smallest absolute Gasteiger partial charge is 0.102 e. The van der Waals surface area contributed by atoms with Crippen LogP contribution in [-0.2, 0) is 4.74 Å². The van der Waals surface area contributed by atoms with Crippen molar-refractivity contribution in [2.24, 2.45) is 0 Å². The van der Waals surface area contributed by atoms with Crippen molar-refractivity contribution in [3.05, 3.63) is 12.2 Å². The monoisotopic (exact) mass is 128 g/mol. The first kappa shape index (κ1) is 6.78. The van der Waals surface area contributed by atoms with Crippen molar-refractivity contribution in [2.75, 3.05) is 6.61 Å². The molecule has 52 valence electrons. The highest BCUT2D eigenvalue weighted by atomic mass is 16.6. The minimum absolute atomic E-state index is 0.234. The van der Waals surface area contributed by atoms with Crippen molar-refractivity contribution in [2.45, 2.75) is 25.6 Å². The molecule has 1 aliphatic rings. The summed E-state index contributed by atoms with van der Waals surface area (Å²) in [4.78, 5) is 0. The lowest BCUT2D eigenvalue weighted by atomic mass is 10.3. The Labute approximate surface area is 55.1 Å². The molecule has 0 radical (unpaired) electrons. The second-order valence-corrected chi connectivity index (χ2v) is 2.25. The third kappa shape index (κ3) is 2.16. The highest BCUT2D eigenvalue weighted by Gasteiger charge is 2.30. The van der Waals surface area contributed by atoms with Crippen molar-refractivity contribution < 1.29 is 9.84 Å². The van der Waals surface area contributed by atoms with Gasteiger partial charge in [-0.25, -0.2) is 0 Å². The minimum atomic E-state index is 0.234. The van der Waals surface area contributed by atoms with E-state index >= 15 is 0 Å². The molecule has 2 heteroatoms. The van der Waals surface area contributed by atoms with Crippen LogP contribution in [0.25, 0.3) is 0 Å². The molecule has 0 aromatic heterocycles. The second-order valence-electron chi connectivity index (χ2n) is 2.25. The lowest BCUT2D eigenvalue weighted by Crippen LogP contribution is -1.82. The highest BCUT2D eigenvalue weighted by molar-refractivity contribution is 5.00. The Balaban J connectivity index is 2.03. The van der Waals surface area contributed by atoms with Crippen LogP contribution < -0.4 is 0 Å². The van der Waals surface area contributed by atoms with Crippen LogP contribution in [0.4, 0.5) is 0 Å². The molecule has 0 spiro atoms. The van der Waals surface area contributed by atoms with Gasteiger partial charge in [-0.1, -0.05) is 12.2 Å².